The van der Waals surface area contributed by atoms with E-state index in [0.29, 0.717) is 0 Å². The van der Waals surface area contributed by atoms with Crippen LogP contribution < -0.4 is 4.72 Å². The van der Waals surface area contributed by atoms with Crippen molar-refractivity contribution in [3.8, 4) is 0 Å². The molecule has 0 saturated heterocycles. The van der Waals surface area contributed by atoms with Gasteiger partial charge in [-0.2, -0.15) is 0 Å². The smallest absolute Gasteiger partial charge is 0.339 e. The van der Waals surface area contributed by atoms with E-state index in [1.54, 1.807) is 13.8 Å². The Hall–Kier alpha value is -1.31. The first kappa shape index (κ1) is 16.7. The van der Waals surface area contributed by atoms with Crippen molar-refractivity contribution < 1.29 is 23.1 Å². The summed E-state index contributed by atoms with van der Waals surface area (Å²) in [7, 11) is -3.70. The fourth-order valence-electron chi connectivity index (χ4n) is 1.44. The largest absolute Gasteiger partial charge is 0.478 e. The lowest BCUT2D eigenvalue weighted by Gasteiger charge is -2.12. The molecule has 0 spiro atoms. The van der Waals surface area contributed by atoms with Crippen LogP contribution >= 0.6 is 11.6 Å². The minimum Gasteiger partial charge on any atom is -0.478 e. The number of carboxylic acid groups (broad SMARTS) is 1. The molecule has 0 saturated carbocycles. The molecular weight excluding hydrogens is 306 g/mol. The molecule has 6 nitrogen and oxygen atoms in total. The van der Waals surface area contributed by atoms with E-state index in [1.165, 1.54) is 18.2 Å². The van der Waals surface area contributed by atoms with Crippen molar-refractivity contribution in [3.63, 3.8) is 0 Å². The molecule has 0 atom stereocenters. The molecular formula is C12H16ClNO5S. The van der Waals surface area contributed by atoms with E-state index >= 15 is 0 Å². The van der Waals surface area contributed by atoms with Crippen LogP contribution in [0.2, 0.25) is 5.02 Å². The number of benzene rings is 1. The Morgan fingerprint density at radius 3 is 2.65 bits per heavy atom. The maximum atomic E-state index is 11.8. The lowest BCUT2D eigenvalue weighted by molar-refractivity contribution is 0.0698. The minimum atomic E-state index is -3.70. The van der Waals surface area contributed by atoms with Gasteiger partial charge in [0.05, 0.1) is 29.2 Å². The van der Waals surface area contributed by atoms with E-state index in [9.17, 15) is 13.2 Å². The minimum absolute atomic E-state index is 0.0238. The predicted octanol–water partition coefficient (Wildman–Crippen LogP) is 2.20. The lowest BCUT2D eigenvalue weighted by atomic mass is 10.2. The third-order valence-electron chi connectivity index (χ3n) is 2.30. The van der Waals surface area contributed by atoms with E-state index in [-0.39, 0.29) is 34.7 Å². The molecule has 20 heavy (non-hydrogen) atoms. The predicted molar refractivity (Wildman–Crippen MR) is 76.9 cm³/mol. The van der Waals surface area contributed by atoms with Crippen molar-refractivity contribution in [1.29, 1.82) is 0 Å². The number of halogens is 1. The summed E-state index contributed by atoms with van der Waals surface area (Å²) in [6.45, 7) is 3.61. The van der Waals surface area contributed by atoms with Crippen molar-refractivity contribution in [3.05, 3.63) is 28.8 Å². The molecule has 0 unspecified atom stereocenters. The van der Waals surface area contributed by atoms with E-state index in [2.05, 4.69) is 4.72 Å². The SMILES string of the molecule is CC(C)OCCS(=O)(=O)Nc1cccc(Cl)c1C(=O)O. The molecule has 0 aromatic heterocycles. The molecule has 8 heteroatoms. The molecule has 0 radical (unpaired) electrons. The zero-order chi connectivity index (χ0) is 15.3. The van der Waals surface area contributed by atoms with Gasteiger partial charge in [-0.1, -0.05) is 17.7 Å². The van der Waals surface area contributed by atoms with Crippen molar-refractivity contribution in [1.82, 2.24) is 0 Å². The highest BCUT2D eigenvalue weighted by molar-refractivity contribution is 7.92. The van der Waals surface area contributed by atoms with E-state index < -0.39 is 16.0 Å². The maximum Gasteiger partial charge on any atom is 0.339 e. The number of sulfonamides is 1. The summed E-state index contributed by atoms with van der Waals surface area (Å²) in [4.78, 5) is 11.1. The van der Waals surface area contributed by atoms with E-state index in [4.69, 9.17) is 21.4 Å². The number of hydrogen-bond donors (Lipinski definition) is 2. The Morgan fingerprint density at radius 1 is 1.45 bits per heavy atom. The molecule has 112 valence electrons. The van der Waals surface area contributed by atoms with Gasteiger partial charge in [0, 0.05) is 0 Å². The van der Waals surface area contributed by atoms with Crippen LogP contribution in [-0.4, -0.2) is 38.0 Å². The van der Waals surface area contributed by atoms with Crippen LogP contribution in [0.4, 0.5) is 5.69 Å². The second kappa shape index (κ2) is 6.92. The number of anilines is 1. The van der Waals surface area contributed by atoms with Crippen LogP contribution in [-0.2, 0) is 14.8 Å². The van der Waals surface area contributed by atoms with Gasteiger partial charge in [0.1, 0.15) is 5.56 Å². The van der Waals surface area contributed by atoms with Gasteiger partial charge in [-0.25, -0.2) is 13.2 Å². The number of carboxylic acids is 1. The fraction of sp³-hybridized carbons (Fsp3) is 0.417. The normalized spacial score (nSPS) is 11.6. The number of nitrogens with one attached hydrogen (secondary N) is 1. The highest BCUT2D eigenvalue weighted by Crippen LogP contribution is 2.25. The molecule has 0 heterocycles. The molecule has 0 bridgehead atoms. The molecule has 0 aliphatic carbocycles. The van der Waals surface area contributed by atoms with Crippen molar-refractivity contribution >= 4 is 33.3 Å². The standard InChI is InChI=1S/C12H16ClNO5S/c1-8(2)19-6-7-20(17,18)14-10-5-3-4-9(13)11(10)12(15)16/h3-5,8,14H,6-7H2,1-2H3,(H,15,16). The number of rotatable bonds is 7. The zero-order valence-electron chi connectivity index (χ0n) is 11.1. The first-order chi connectivity index (χ1) is 9.23. The molecule has 0 aliphatic heterocycles. The number of hydrogen-bond acceptors (Lipinski definition) is 4. The zero-order valence-corrected chi connectivity index (χ0v) is 12.7. The van der Waals surface area contributed by atoms with Crippen LogP contribution in [0, 0.1) is 0 Å². The van der Waals surface area contributed by atoms with Crippen LogP contribution in [0.1, 0.15) is 24.2 Å². The fourth-order valence-corrected chi connectivity index (χ4v) is 2.62. The van der Waals surface area contributed by atoms with Crippen LogP contribution in [0.25, 0.3) is 0 Å². The summed E-state index contributed by atoms with van der Waals surface area (Å²) in [5.41, 5.74) is -0.336. The molecule has 1 rings (SSSR count). The van der Waals surface area contributed by atoms with Gasteiger partial charge in [-0.3, -0.25) is 4.72 Å². The summed E-state index contributed by atoms with van der Waals surface area (Å²) < 4.78 is 31.0. The van der Waals surface area contributed by atoms with Crippen LogP contribution in [0.15, 0.2) is 18.2 Å². The molecule has 1 aromatic rings. The quantitative estimate of drug-likeness (QED) is 0.803. The highest BCUT2D eigenvalue weighted by atomic mass is 35.5. The molecule has 1 aromatic carbocycles. The van der Waals surface area contributed by atoms with Crippen molar-refractivity contribution in [2.45, 2.75) is 20.0 Å². The average Bonchev–Trinajstić information content (AvgIpc) is 2.26. The molecule has 0 amide bonds. The van der Waals surface area contributed by atoms with Crippen LogP contribution in [0.5, 0.6) is 0 Å². The van der Waals surface area contributed by atoms with Crippen molar-refractivity contribution in [2.75, 3.05) is 17.1 Å². The highest BCUT2D eigenvalue weighted by Gasteiger charge is 2.19. The number of ether oxygens (including phenoxy) is 1. The van der Waals surface area contributed by atoms with Gasteiger partial charge in [0.25, 0.3) is 0 Å². The van der Waals surface area contributed by atoms with E-state index in [0.717, 1.165) is 0 Å². The van der Waals surface area contributed by atoms with Gasteiger partial charge in [0.15, 0.2) is 0 Å². The summed E-state index contributed by atoms with van der Waals surface area (Å²) in [5, 5.41) is 9.02. The Morgan fingerprint density at radius 2 is 2.10 bits per heavy atom. The third-order valence-corrected chi connectivity index (χ3v) is 3.85. The first-order valence-corrected chi connectivity index (χ1v) is 7.90. The number of aromatic carboxylic acids is 1. The van der Waals surface area contributed by atoms with Gasteiger partial charge >= 0.3 is 5.97 Å². The summed E-state index contributed by atoms with van der Waals surface area (Å²) in [6, 6.07) is 4.19. The second-order valence-electron chi connectivity index (χ2n) is 4.31. The second-order valence-corrected chi connectivity index (χ2v) is 6.56. The Bertz CT molecular complexity index is 586. The topological polar surface area (TPSA) is 92.7 Å². The molecule has 0 fully saturated rings. The monoisotopic (exact) mass is 321 g/mol. The summed E-state index contributed by atoms with van der Waals surface area (Å²) >= 11 is 5.76. The third kappa shape index (κ3) is 4.99. The Balaban J connectivity index is 2.87. The lowest BCUT2D eigenvalue weighted by Crippen LogP contribution is -2.22. The van der Waals surface area contributed by atoms with Gasteiger partial charge in [-0.15, -0.1) is 0 Å². The Kier molecular flexibility index (Phi) is 5.79. The first-order valence-electron chi connectivity index (χ1n) is 5.87. The number of carbonyl (C=O) groups is 1. The summed E-state index contributed by atoms with van der Waals surface area (Å²) in [5.74, 6) is -1.57. The van der Waals surface area contributed by atoms with Gasteiger partial charge < -0.3 is 9.84 Å². The van der Waals surface area contributed by atoms with Crippen LogP contribution in [0.3, 0.4) is 0 Å². The van der Waals surface area contributed by atoms with Gasteiger partial charge in [0.2, 0.25) is 10.0 Å². The summed E-state index contributed by atoms with van der Waals surface area (Å²) in [6.07, 6.45) is -0.0778. The van der Waals surface area contributed by atoms with E-state index in [1.807, 2.05) is 0 Å². The van der Waals surface area contributed by atoms with Gasteiger partial charge in [-0.05, 0) is 26.0 Å². The van der Waals surface area contributed by atoms with Crippen molar-refractivity contribution in [2.24, 2.45) is 0 Å². The molecule has 0 aliphatic rings. The average molecular weight is 322 g/mol. The Labute approximate surface area is 122 Å². The maximum absolute atomic E-state index is 11.8. The molecule has 2 N–H and O–H groups in total.